The molecule has 2 atom stereocenters. The summed E-state index contributed by atoms with van der Waals surface area (Å²) < 4.78 is 5.69. The highest BCUT2D eigenvalue weighted by Crippen LogP contribution is 2.50. The lowest BCUT2D eigenvalue weighted by Gasteiger charge is -2.31. The lowest BCUT2D eigenvalue weighted by Crippen LogP contribution is -2.46. The maximum atomic E-state index is 13.0. The van der Waals surface area contributed by atoms with Gasteiger partial charge in [-0.25, -0.2) is 9.78 Å². The Morgan fingerprint density at radius 2 is 2.30 bits per heavy atom. The molecule has 1 saturated carbocycles. The molecule has 1 saturated heterocycles. The van der Waals surface area contributed by atoms with Crippen LogP contribution >= 0.6 is 0 Å². The highest BCUT2D eigenvalue weighted by atomic mass is 16.5. The van der Waals surface area contributed by atoms with E-state index < -0.39 is 0 Å². The summed E-state index contributed by atoms with van der Waals surface area (Å²) in [5.74, 6) is 1.45. The Hall–Kier alpha value is -2.51. The zero-order chi connectivity index (χ0) is 19.0. The monoisotopic (exact) mass is 370 g/mol. The summed E-state index contributed by atoms with van der Waals surface area (Å²) in [7, 11) is 0. The maximum Gasteiger partial charge on any atom is 0.320 e. The summed E-state index contributed by atoms with van der Waals surface area (Å²) in [6.07, 6.45) is 8.04. The minimum absolute atomic E-state index is 0.106. The van der Waals surface area contributed by atoms with Crippen molar-refractivity contribution in [3.8, 4) is 11.5 Å². The van der Waals surface area contributed by atoms with Gasteiger partial charge in [0.1, 0.15) is 5.69 Å². The van der Waals surface area contributed by atoms with Gasteiger partial charge in [-0.1, -0.05) is 11.6 Å². The largest absolute Gasteiger partial charge is 0.338 e. The number of nitrogens with zero attached hydrogens (tertiary/aromatic N) is 6. The fourth-order valence-electron chi connectivity index (χ4n) is 4.63. The molecule has 2 aromatic heterocycles. The van der Waals surface area contributed by atoms with Crippen LogP contribution in [0.25, 0.3) is 11.5 Å². The minimum Gasteiger partial charge on any atom is -0.338 e. The molecule has 0 N–H and O–H groups in total. The Labute approximate surface area is 159 Å². The van der Waals surface area contributed by atoms with Gasteiger partial charge in [0.05, 0.1) is 11.6 Å². The molecule has 2 aromatic rings. The van der Waals surface area contributed by atoms with Gasteiger partial charge in [-0.05, 0) is 39.5 Å². The fourth-order valence-corrected chi connectivity index (χ4v) is 4.63. The van der Waals surface area contributed by atoms with Crippen molar-refractivity contribution >= 4 is 6.03 Å². The molecule has 0 aromatic carbocycles. The van der Waals surface area contributed by atoms with Crippen LogP contribution in [0.5, 0.6) is 0 Å². The summed E-state index contributed by atoms with van der Waals surface area (Å²) in [6, 6.07) is 0.292. The second kappa shape index (κ2) is 6.90. The third kappa shape index (κ3) is 2.96. The second-order valence-corrected chi connectivity index (χ2v) is 7.80. The topological polar surface area (TPSA) is 88.3 Å². The normalized spacial score (nSPS) is 24.4. The molecule has 2 fully saturated rings. The summed E-state index contributed by atoms with van der Waals surface area (Å²) in [6.45, 7) is 8.24. The lowest BCUT2D eigenvalue weighted by atomic mass is 9.80. The van der Waals surface area contributed by atoms with E-state index in [1.165, 1.54) is 0 Å². The average Bonchev–Trinajstić information content (AvgIpc) is 3.36. The van der Waals surface area contributed by atoms with Crippen molar-refractivity contribution in [3.63, 3.8) is 0 Å². The van der Waals surface area contributed by atoms with Crippen molar-refractivity contribution in [2.45, 2.75) is 51.5 Å². The molecule has 1 aliphatic heterocycles. The molecule has 4 rings (SSSR count). The van der Waals surface area contributed by atoms with Crippen LogP contribution < -0.4 is 0 Å². The third-order valence-electron chi connectivity index (χ3n) is 6.00. The van der Waals surface area contributed by atoms with E-state index in [-0.39, 0.29) is 17.5 Å². The Balaban J connectivity index is 1.60. The molecule has 0 spiro atoms. The Bertz CT molecular complexity index is 808. The van der Waals surface area contributed by atoms with Crippen molar-refractivity contribution in [2.24, 2.45) is 5.92 Å². The van der Waals surface area contributed by atoms with Crippen molar-refractivity contribution in [2.75, 3.05) is 19.6 Å². The van der Waals surface area contributed by atoms with Gasteiger partial charge in [0.25, 0.3) is 0 Å². The SMILES string of the molecule is CCN(C(=O)N1C[C@H]2CCC[C@@]2(c2nc(-c3cnccn3)no2)C1)C(C)C. The van der Waals surface area contributed by atoms with Gasteiger partial charge >= 0.3 is 6.03 Å². The molecule has 144 valence electrons. The van der Waals surface area contributed by atoms with Crippen molar-refractivity contribution < 1.29 is 9.32 Å². The fraction of sp³-hybridized carbons (Fsp3) is 0.632. The molecule has 3 heterocycles. The van der Waals surface area contributed by atoms with Gasteiger partial charge in [0.2, 0.25) is 11.7 Å². The van der Waals surface area contributed by atoms with E-state index in [0.717, 1.165) is 25.8 Å². The molecule has 8 heteroatoms. The minimum atomic E-state index is -0.237. The Morgan fingerprint density at radius 3 is 3.00 bits per heavy atom. The van der Waals surface area contributed by atoms with Crippen molar-refractivity contribution in [3.05, 3.63) is 24.5 Å². The Kier molecular flexibility index (Phi) is 4.57. The standard InChI is InChI=1S/C19H26N6O2/c1-4-25(13(2)3)18(26)24-11-14-6-5-7-19(14,12-24)17-22-16(23-27-17)15-10-20-8-9-21-15/h8-10,13-14H,4-7,11-12H2,1-3H3/t14-,19-/m1/s1. The smallest absolute Gasteiger partial charge is 0.320 e. The molecule has 27 heavy (non-hydrogen) atoms. The van der Waals surface area contributed by atoms with Crippen LogP contribution in [-0.2, 0) is 5.41 Å². The average molecular weight is 370 g/mol. The molecule has 2 aliphatic rings. The van der Waals surface area contributed by atoms with Gasteiger partial charge in [-0.3, -0.25) is 4.98 Å². The van der Waals surface area contributed by atoms with Crippen LogP contribution in [0.1, 0.15) is 45.9 Å². The number of likely N-dealkylation sites (tertiary alicyclic amines) is 1. The van der Waals surface area contributed by atoms with E-state index in [9.17, 15) is 4.79 Å². The zero-order valence-corrected chi connectivity index (χ0v) is 16.1. The highest BCUT2D eigenvalue weighted by Gasteiger charge is 2.55. The Morgan fingerprint density at radius 1 is 1.44 bits per heavy atom. The number of aromatic nitrogens is 4. The van der Waals surface area contributed by atoms with E-state index in [0.29, 0.717) is 36.4 Å². The van der Waals surface area contributed by atoms with Crippen LogP contribution in [0.2, 0.25) is 0 Å². The van der Waals surface area contributed by atoms with E-state index in [2.05, 4.69) is 34.0 Å². The molecular weight excluding hydrogens is 344 g/mol. The number of hydrogen-bond acceptors (Lipinski definition) is 6. The lowest BCUT2D eigenvalue weighted by molar-refractivity contribution is 0.147. The predicted molar refractivity (Wildman–Crippen MR) is 98.8 cm³/mol. The van der Waals surface area contributed by atoms with Gasteiger partial charge < -0.3 is 14.3 Å². The molecule has 2 amide bonds. The first-order chi connectivity index (χ1) is 13.0. The van der Waals surface area contributed by atoms with Crippen LogP contribution in [0, 0.1) is 5.92 Å². The number of rotatable bonds is 4. The van der Waals surface area contributed by atoms with E-state index in [4.69, 9.17) is 4.52 Å². The maximum absolute atomic E-state index is 13.0. The van der Waals surface area contributed by atoms with Crippen LogP contribution in [-0.4, -0.2) is 61.6 Å². The van der Waals surface area contributed by atoms with E-state index >= 15 is 0 Å². The molecule has 0 unspecified atom stereocenters. The van der Waals surface area contributed by atoms with Gasteiger partial charge in [-0.2, -0.15) is 4.98 Å². The zero-order valence-electron chi connectivity index (χ0n) is 16.1. The first-order valence-electron chi connectivity index (χ1n) is 9.71. The third-order valence-corrected chi connectivity index (χ3v) is 6.00. The summed E-state index contributed by atoms with van der Waals surface area (Å²) in [4.78, 5) is 29.9. The van der Waals surface area contributed by atoms with Gasteiger partial charge in [0.15, 0.2) is 0 Å². The number of hydrogen-bond donors (Lipinski definition) is 0. The molecule has 8 nitrogen and oxygen atoms in total. The number of carbonyl (C=O) groups excluding carboxylic acids is 1. The predicted octanol–water partition coefficient (Wildman–Crippen LogP) is 2.73. The van der Waals surface area contributed by atoms with Gasteiger partial charge in [-0.15, -0.1) is 0 Å². The number of carbonyl (C=O) groups is 1. The van der Waals surface area contributed by atoms with E-state index in [1.807, 2.05) is 16.7 Å². The van der Waals surface area contributed by atoms with Crippen LogP contribution in [0.3, 0.4) is 0 Å². The van der Waals surface area contributed by atoms with Crippen LogP contribution in [0.15, 0.2) is 23.1 Å². The van der Waals surface area contributed by atoms with Crippen LogP contribution in [0.4, 0.5) is 4.79 Å². The summed E-state index contributed by atoms with van der Waals surface area (Å²) in [5, 5.41) is 4.13. The molecule has 0 radical (unpaired) electrons. The summed E-state index contributed by atoms with van der Waals surface area (Å²) >= 11 is 0. The van der Waals surface area contributed by atoms with Crippen molar-refractivity contribution in [1.29, 1.82) is 0 Å². The van der Waals surface area contributed by atoms with Crippen molar-refractivity contribution in [1.82, 2.24) is 29.9 Å². The number of urea groups is 1. The first kappa shape index (κ1) is 17.9. The number of fused-ring (bicyclic) bond motifs is 1. The molecule has 1 aliphatic carbocycles. The summed E-state index contributed by atoms with van der Waals surface area (Å²) in [5.41, 5.74) is 0.362. The highest BCUT2D eigenvalue weighted by molar-refractivity contribution is 5.75. The molecule has 0 bridgehead atoms. The first-order valence-corrected chi connectivity index (χ1v) is 9.71. The molecular formula is C19H26N6O2. The second-order valence-electron chi connectivity index (χ2n) is 7.80. The van der Waals surface area contributed by atoms with Gasteiger partial charge in [0, 0.05) is 38.1 Å². The number of amides is 2. The van der Waals surface area contributed by atoms with E-state index in [1.54, 1.807) is 18.6 Å². The quantitative estimate of drug-likeness (QED) is 0.822.